The molecule has 3 N–H and O–H groups in total. The fourth-order valence-corrected chi connectivity index (χ4v) is 6.42. The maximum atomic E-state index is 14.0. The van der Waals surface area contributed by atoms with Crippen molar-refractivity contribution >= 4 is 34.7 Å². The van der Waals surface area contributed by atoms with E-state index in [0.29, 0.717) is 54.0 Å². The molecule has 0 spiro atoms. The van der Waals surface area contributed by atoms with E-state index in [0.717, 1.165) is 62.3 Å². The lowest BCUT2D eigenvalue weighted by Gasteiger charge is -2.38. The van der Waals surface area contributed by atoms with E-state index < -0.39 is 17.6 Å². The van der Waals surface area contributed by atoms with E-state index in [1.54, 1.807) is 35.2 Å². The van der Waals surface area contributed by atoms with Gasteiger partial charge in [0.2, 0.25) is 5.95 Å². The Labute approximate surface area is 271 Å². The third-order valence-electron chi connectivity index (χ3n) is 9.21. The highest BCUT2D eigenvalue weighted by atomic mass is 19.4. The summed E-state index contributed by atoms with van der Waals surface area (Å²) in [5.74, 6) is 1.26. The van der Waals surface area contributed by atoms with Crippen molar-refractivity contribution in [2.24, 2.45) is 0 Å². The van der Waals surface area contributed by atoms with Crippen LogP contribution in [0, 0.1) is 6.92 Å². The summed E-state index contributed by atoms with van der Waals surface area (Å²) in [7, 11) is 0. The molecule has 2 saturated heterocycles. The number of nitrogens with one attached hydrogen (secondary N) is 3. The number of carbonyl (C=O) groups excluding carboxylic acids is 1. The predicted octanol–water partition coefficient (Wildman–Crippen LogP) is 6.62. The molecule has 47 heavy (non-hydrogen) atoms. The van der Waals surface area contributed by atoms with E-state index in [2.05, 4.69) is 35.8 Å². The number of amides is 1. The van der Waals surface area contributed by atoms with E-state index in [-0.39, 0.29) is 5.56 Å². The molecule has 7 rings (SSSR count). The van der Waals surface area contributed by atoms with Crippen LogP contribution in [0.4, 0.5) is 42.0 Å². The molecule has 13 heteroatoms. The smallest absolute Gasteiger partial charge is 0.371 e. The second-order valence-corrected chi connectivity index (χ2v) is 12.6. The van der Waals surface area contributed by atoms with Crippen LogP contribution in [-0.2, 0) is 6.18 Å². The van der Waals surface area contributed by atoms with Gasteiger partial charge in [-0.3, -0.25) is 9.36 Å². The minimum atomic E-state index is -4.58. The van der Waals surface area contributed by atoms with Gasteiger partial charge in [0.05, 0.1) is 5.56 Å². The Morgan fingerprint density at radius 1 is 0.915 bits per heavy atom. The van der Waals surface area contributed by atoms with E-state index in [4.69, 9.17) is 0 Å². The third kappa shape index (κ3) is 7.19. The first-order valence-corrected chi connectivity index (χ1v) is 16.2. The molecule has 0 unspecified atom stereocenters. The quantitative estimate of drug-likeness (QED) is 0.187. The lowest BCUT2D eigenvalue weighted by molar-refractivity contribution is -0.137. The van der Waals surface area contributed by atoms with Gasteiger partial charge in [0.25, 0.3) is 5.91 Å². The highest BCUT2D eigenvalue weighted by Gasteiger charge is 2.33. The minimum Gasteiger partial charge on any atom is -0.371 e. The Balaban J connectivity index is 1.08. The summed E-state index contributed by atoms with van der Waals surface area (Å²) in [5.41, 5.74) is 1.54. The number of aryl methyl sites for hydroxylation is 1. The standard InChI is InChI=1S/C34H38F3N9O/c1-22-4-5-26(19-29(22)43-33-38-10-15-46(33)31-20-30(39-21-40-31)41-25-6-7-25)42-32(47)23-16-24(34(35,36)37)18-28(17-23)45-13-8-27(9-14-45)44-11-2-3-12-44/h4-5,10,15-21,25,27H,2-3,6-9,11-14H2,1H3,(H,38,43)(H,42,47)(H,39,40,41). The highest BCUT2D eigenvalue weighted by molar-refractivity contribution is 6.05. The maximum Gasteiger partial charge on any atom is 0.416 e. The van der Waals surface area contributed by atoms with Crippen LogP contribution in [0.5, 0.6) is 0 Å². The molecule has 1 amide bonds. The van der Waals surface area contributed by atoms with E-state index in [9.17, 15) is 18.0 Å². The van der Waals surface area contributed by atoms with Crippen LogP contribution < -0.4 is 20.9 Å². The molecule has 4 heterocycles. The first-order valence-electron chi connectivity index (χ1n) is 16.2. The van der Waals surface area contributed by atoms with E-state index in [1.165, 1.54) is 19.2 Å². The third-order valence-corrected chi connectivity index (χ3v) is 9.21. The molecule has 246 valence electrons. The molecular weight excluding hydrogens is 607 g/mol. The lowest BCUT2D eigenvalue weighted by atomic mass is 10.0. The lowest BCUT2D eigenvalue weighted by Crippen LogP contribution is -2.44. The van der Waals surface area contributed by atoms with Gasteiger partial charge in [-0.25, -0.2) is 15.0 Å². The van der Waals surface area contributed by atoms with Gasteiger partial charge in [0.15, 0.2) is 0 Å². The molecule has 0 radical (unpaired) electrons. The molecule has 2 aliphatic heterocycles. The zero-order valence-corrected chi connectivity index (χ0v) is 26.2. The summed E-state index contributed by atoms with van der Waals surface area (Å²) in [5, 5.41) is 9.49. The van der Waals surface area contributed by atoms with E-state index in [1.807, 2.05) is 24.0 Å². The fraction of sp³-hybridized carbons (Fsp3) is 0.412. The molecule has 0 bridgehead atoms. The van der Waals surface area contributed by atoms with Gasteiger partial charge in [0.1, 0.15) is 18.0 Å². The summed E-state index contributed by atoms with van der Waals surface area (Å²) in [6.07, 6.45) is 6.80. The molecule has 2 aromatic heterocycles. The van der Waals surface area contributed by atoms with Gasteiger partial charge in [-0.15, -0.1) is 0 Å². The average molecular weight is 646 g/mol. The van der Waals surface area contributed by atoms with Gasteiger partial charge in [0, 0.05) is 66.3 Å². The summed E-state index contributed by atoms with van der Waals surface area (Å²) < 4.78 is 43.8. The molecule has 2 aromatic carbocycles. The number of hydrogen-bond acceptors (Lipinski definition) is 8. The highest BCUT2D eigenvalue weighted by Crippen LogP contribution is 2.35. The van der Waals surface area contributed by atoms with Crippen molar-refractivity contribution in [1.29, 1.82) is 0 Å². The number of piperidine rings is 1. The number of alkyl halides is 3. The number of imidazole rings is 1. The number of likely N-dealkylation sites (tertiary alicyclic amines) is 1. The Kier molecular flexibility index (Phi) is 8.48. The second-order valence-electron chi connectivity index (χ2n) is 12.6. The molecular formula is C34H38F3N9O. The molecule has 0 atom stereocenters. The largest absolute Gasteiger partial charge is 0.416 e. The predicted molar refractivity (Wildman–Crippen MR) is 176 cm³/mol. The number of rotatable bonds is 9. The van der Waals surface area contributed by atoms with Gasteiger partial charge in [-0.1, -0.05) is 6.07 Å². The number of halogens is 3. The number of benzene rings is 2. The minimum absolute atomic E-state index is 0.0403. The maximum absolute atomic E-state index is 14.0. The van der Waals surface area contributed by atoms with Crippen LogP contribution in [0.1, 0.15) is 60.0 Å². The van der Waals surface area contributed by atoms with Crippen molar-refractivity contribution in [2.75, 3.05) is 47.0 Å². The van der Waals surface area contributed by atoms with E-state index >= 15 is 0 Å². The molecule has 3 fully saturated rings. The Morgan fingerprint density at radius 2 is 1.70 bits per heavy atom. The van der Waals surface area contributed by atoms with Gasteiger partial charge >= 0.3 is 6.18 Å². The Hall–Kier alpha value is -4.65. The molecule has 10 nitrogen and oxygen atoms in total. The Morgan fingerprint density at radius 3 is 2.45 bits per heavy atom. The van der Waals surface area contributed by atoms with Crippen molar-refractivity contribution in [3.63, 3.8) is 0 Å². The molecule has 4 aromatic rings. The van der Waals surface area contributed by atoms with Gasteiger partial charge < -0.3 is 25.8 Å². The summed E-state index contributed by atoms with van der Waals surface area (Å²) in [4.78, 5) is 31.1. The fourth-order valence-electron chi connectivity index (χ4n) is 6.42. The number of anilines is 5. The van der Waals surface area contributed by atoms with Crippen LogP contribution in [0.2, 0.25) is 0 Å². The van der Waals surface area contributed by atoms with Crippen LogP contribution in [0.15, 0.2) is 61.2 Å². The van der Waals surface area contributed by atoms with Crippen LogP contribution in [0.3, 0.4) is 0 Å². The van der Waals surface area contributed by atoms with Gasteiger partial charge in [-0.2, -0.15) is 13.2 Å². The number of nitrogens with zero attached hydrogens (tertiary/aromatic N) is 6. The van der Waals surface area contributed by atoms with Crippen LogP contribution in [0.25, 0.3) is 5.82 Å². The number of hydrogen-bond donors (Lipinski definition) is 3. The van der Waals surface area contributed by atoms with Crippen molar-refractivity contribution in [3.05, 3.63) is 77.9 Å². The van der Waals surface area contributed by atoms with Crippen LogP contribution in [-0.4, -0.2) is 68.6 Å². The zero-order chi connectivity index (χ0) is 32.5. The first-order chi connectivity index (χ1) is 22.7. The topological polar surface area (TPSA) is 103 Å². The van der Waals surface area contributed by atoms with Crippen molar-refractivity contribution in [1.82, 2.24) is 24.4 Å². The second kappa shape index (κ2) is 12.9. The summed E-state index contributed by atoms with van der Waals surface area (Å²) >= 11 is 0. The van der Waals surface area contributed by atoms with Crippen LogP contribution >= 0.6 is 0 Å². The van der Waals surface area contributed by atoms with Crippen molar-refractivity contribution in [2.45, 2.75) is 63.7 Å². The molecule has 3 aliphatic rings. The Bertz CT molecular complexity index is 1740. The molecule has 1 aliphatic carbocycles. The number of carbonyl (C=O) groups is 1. The monoisotopic (exact) mass is 645 g/mol. The summed E-state index contributed by atoms with van der Waals surface area (Å²) in [6.45, 7) is 5.41. The normalized spacial score (nSPS) is 17.6. The van der Waals surface area contributed by atoms with Crippen molar-refractivity contribution < 1.29 is 18.0 Å². The SMILES string of the molecule is Cc1ccc(NC(=O)c2cc(N3CCC(N4CCCC4)CC3)cc(C(F)(F)F)c2)cc1Nc1nccn1-c1cc(NC2CC2)ncn1. The molecule has 1 saturated carbocycles. The van der Waals surface area contributed by atoms with Gasteiger partial charge in [-0.05, 0) is 94.4 Å². The summed E-state index contributed by atoms with van der Waals surface area (Å²) in [6, 6.07) is 11.7. The first kappa shape index (κ1) is 31.0. The van der Waals surface area contributed by atoms with Crippen molar-refractivity contribution in [3.8, 4) is 5.82 Å². The average Bonchev–Trinajstić information content (AvgIpc) is 3.49. The number of aromatic nitrogens is 4. The zero-order valence-electron chi connectivity index (χ0n) is 26.2.